The number of carbonyl (C=O) groups is 1. The fourth-order valence-electron chi connectivity index (χ4n) is 1.99. The minimum Gasteiger partial charge on any atom is -0.478 e. The largest absolute Gasteiger partial charge is 0.478 e. The van der Waals surface area contributed by atoms with E-state index in [9.17, 15) is 14.9 Å². The van der Waals surface area contributed by atoms with Gasteiger partial charge in [-0.1, -0.05) is 12.1 Å². The van der Waals surface area contributed by atoms with Crippen molar-refractivity contribution in [3.8, 4) is 22.9 Å². The number of nitrogens with zero attached hydrogens (tertiary/aromatic N) is 3. The van der Waals surface area contributed by atoms with Gasteiger partial charge in [0.2, 0.25) is 11.8 Å². The van der Waals surface area contributed by atoms with Gasteiger partial charge in [-0.25, -0.2) is 4.79 Å². The Kier molecular flexibility index (Phi) is 3.55. The van der Waals surface area contributed by atoms with Crippen LogP contribution in [-0.4, -0.2) is 26.2 Å². The maximum Gasteiger partial charge on any atom is 0.335 e. The van der Waals surface area contributed by atoms with Crippen molar-refractivity contribution in [3.05, 3.63) is 64.2 Å². The molecule has 0 unspecified atom stereocenters. The Hall–Kier alpha value is -3.55. The molecule has 1 heterocycles. The molecule has 0 aliphatic heterocycles. The number of rotatable bonds is 4. The molecule has 3 rings (SSSR count). The summed E-state index contributed by atoms with van der Waals surface area (Å²) in [5, 5.41) is 27.5. The summed E-state index contributed by atoms with van der Waals surface area (Å²) in [4.78, 5) is 21.3. The van der Waals surface area contributed by atoms with Crippen LogP contribution in [0, 0.1) is 10.1 Å². The molecule has 0 radical (unpaired) electrons. The van der Waals surface area contributed by atoms with Gasteiger partial charge in [-0.3, -0.25) is 10.1 Å². The molecule has 0 fully saturated rings. The first-order chi connectivity index (χ1) is 11.0. The molecule has 114 valence electrons. The predicted octanol–water partition coefficient (Wildman–Crippen LogP) is 3.01. The number of benzene rings is 2. The van der Waals surface area contributed by atoms with Crippen LogP contribution in [0.4, 0.5) is 5.69 Å². The van der Waals surface area contributed by atoms with E-state index in [4.69, 9.17) is 9.52 Å². The molecule has 8 nitrogen and oxygen atoms in total. The van der Waals surface area contributed by atoms with Crippen molar-refractivity contribution in [2.24, 2.45) is 0 Å². The molecule has 1 N–H and O–H groups in total. The standard InChI is InChI=1S/C15H9N3O5/c19-15(20)11-5-1-3-9(7-11)13-16-17-14(23-13)10-4-2-6-12(8-10)18(21)22/h1-8H,(H,19,20). The van der Waals surface area contributed by atoms with Crippen molar-refractivity contribution in [3.63, 3.8) is 0 Å². The highest BCUT2D eigenvalue weighted by molar-refractivity contribution is 5.89. The lowest BCUT2D eigenvalue weighted by Crippen LogP contribution is -1.95. The van der Waals surface area contributed by atoms with Crippen LogP contribution in [-0.2, 0) is 0 Å². The van der Waals surface area contributed by atoms with Crippen LogP contribution in [0.5, 0.6) is 0 Å². The molecule has 0 aliphatic rings. The minimum atomic E-state index is -1.06. The highest BCUT2D eigenvalue weighted by Gasteiger charge is 2.14. The number of hydrogen-bond donors (Lipinski definition) is 1. The van der Waals surface area contributed by atoms with Crippen LogP contribution in [0.15, 0.2) is 52.9 Å². The first-order valence-corrected chi connectivity index (χ1v) is 6.46. The molecule has 0 atom stereocenters. The average molecular weight is 311 g/mol. The van der Waals surface area contributed by atoms with Gasteiger partial charge in [0.1, 0.15) is 0 Å². The highest BCUT2D eigenvalue weighted by atomic mass is 16.6. The van der Waals surface area contributed by atoms with Gasteiger partial charge in [-0.15, -0.1) is 10.2 Å². The van der Waals surface area contributed by atoms with Crippen molar-refractivity contribution >= 4 is 11.7 Å². The SMILES string of the molecule is O=C(O)c1cccc(-c2nnc(-c3cccc([N+](=O)[O-])c3)o2)c1. The van der Waals surface area contributed by atoms with E-state index in [1.165, 1.54) is 30.3 Å². The summed E-state index contributed by atoms with van der Waals surface area (Å²) >= 11 is 0. The van der Waals surface area contributed by atoms with Gasteiger partial charge < -0.3 is 9.52 Å². The second kappa shape index (κ2) is 5.68. The van der Waals surface area contributed by atoms with E-state index in [1.807, 2.05) is 0 Å². The van der Waals surface area contributed by atoms with Crippen LogP contribution < -0.4 is 0 Å². The Labute approximate surface area is 129 Å². The molecule has 3 aromatic rings. The molecule has 8 heteroatoms. The van der Waals surface area contributed by atoms with Gasteiger partial charge in [-0.05, 0) is 24.3 Å². The molecular formula is C15H9N3O5. The maximum atomic E-state index is 11.0. The third kappa shape index (κ3) is 2.91. The Morgan fingerprint density at radius 3 is 2.26 bits per heavy atom. The van der Waals surface area contributed by atoms with E-state index >= 15 is 0 Å². The van der Waals surface area contributed by atoms with Gasteiger partial charge >= 0.3 is 5.97 Å². The van der Waals surface area contributed by atoms with Gasteiger partial charge in [0.25, 0.3) is 5.69 Å². The van der Waals surface area contributed by atoms with E-state index in [-0.39, 0.29) is 23.0 Å². The van der Waals surface area contributed by atoms with Crippen molar-refractivity contribution in [2.75, 3.05) is 0 Å². The van der Waals surface area contributed by atoms with Crippen molar-refractivity contribution in [2.45, 2.75) is 0 Å². The van der Waals surface area contributed by atoms with Gasteiger partial charge in [0.15, 0.2) is 0 Å². The number of carboxylic acid groups (broad SMARTS) is 1. The molecule has 0 saturated heterocycles. The molecule has 23 heavy (non-hydrogen) atoms. The van der Waals surface area contributed by atoms with Crippen molar-refractivity contribution in [1.82, 2.24) is 10.2 Å². The first-order valence-electron chi connectivity index (χ1n) is 6.46. The first kappa shape index (κ1) is 14.4. The summed E-state index contributed by atoms with van der Waals surface area (Å²) < 4.78 is 5.49. The van der Waals surface area contributed by atoms with Crippen LogP contribution in [0.1, 0.15) is 10.4 Å². The molecule has 0 amide bonds. The second-order valence-corrected chi connectivity index (χ2v) is 4.61. The minimum absolute atomic E-state index is 0.0878. The van der Waals surface area contributed by atoms with Crippen LogP contribution in [0.25, 0.3) is 22.9 Å². The fourth-order valence-corrected chi connectivity index (χ4v) is 1.99. The van der Waals surface area contributed by atoms with Crippen LogP contribution in [0.2, 0.25) is 0 Å². The Bertz CT molecular complexity index is 831. The predicted molar refractivity (Wildman–Crippen MR) is 78.8 cm³/mol. The lowest BCUT2D eigenvalue weighted by molar-refractivity contribution is -0.384. The molecule has 0 saturated carbocycles. The summed E-state index contributed by atoms with van der Waals surface area (Å²) in [5.41, 5.74) is 0.870. The summed E-state index contributed by atoms with van der Waals surface area (Å²) in [5.74, 6) is -0.815. The van der Waals surface area contributed by atoms with E-state index in [2.05, 4.69) is 10.2 Å². The molecule has 0 aliphatic carbocycles. The molecule has 2 aromatic carbocycles. The topological polar surface area (TPSA) is 119 Å². The van der Waals surface area contributed by atoms with Gasteiger partial charge in [-0.2, -0.15) is 0 Å². The van der Waals surface area contributed by atoms with E-state index < -0.39 is 10.9 Å². The Morgan fingerprint density at radius 2 is 1.65 bits per heavy atom. The number of nitro groups is 1. The third-order valence-corrected chi connectivity index (χ3v) is 3.09. The fraction of sp³-hybridized carbons (Fsp3) is 0. The lowest BCUT2D eigenvalue weighted by Gasteiger charge is -1.97. The maximum absolute atomic E-state index is 11.0. The number of hydrogen-bond acceptors (Lipinski definition) is 6. The summed E-state index contributed by atoms with van der Waals surface area (Å²) in [6.45, 7) is 0. The Morgan fingerprint density at radius 1 is 1.04 bits per heavy atom. The number of aromatic nitrogens is 2. The lowest BCUT2D eigenvalue weighted by atomic mass is 10.1. The number of aromatic carboxylic acids is 1. The number of carboxylic acids is 1. The zero-order valence-corrected chi connectivity index (χ0v) is 11.5. The Balaban J connectivity index is 1.97. The average Bonchev–Trinajstić information content (AvgIpc) is 3.05. The van der Waals surface area contributed by atoms with E-state index in [1.54, 1.807) is 18.2 Å². The molecule has 0 bridgehead atoms. The van der Waals surface area contributed by atoms with E-state index in [0.717, 1.165) is 0 Å². The molecule has 1 aromatic heterocycles. The van der Waals surface area contributed by atoms with Crippen molar-refractivity contribution in [1.29, 1.82) is 0 Å². The summed E-state index contributed by atoms with van der Waals surface area (Å²) in [6, 6.07) is 11.9. The molecule has 0 spiro atoms. The zero-order valence-electron chi connectivity index (χ0n) is 11.5. The number of nitro benzene ring substituents is 1. The van der Waals surface area contributed by atoms with Gasteiger partial charge in [0, 0.05) is 23.3 Å². The normalized spacial score (nSPS) is 10.4. The summed E-state index contributed by atoms with van der Waals surface area (Å²) in [6.07, 6.45) is 0. The second-order valence-electron chi connectivity index (χ2n) is 4.61. The smallest absolute Gasteiger partial charge is 0.335 e. The zero-order chi connectivity index (χ0) is 16.4. The molecular weight excluding hydrogens is 302 g/mol. The van der Waals surface area contributed by atoms with Crippen LogP contribution in [0.3, 0.4) is 0 Å². The van der Waals surface area contributed by atoms with Crippen LogP contribution >= 0.6 is 0 Å². The monoisotopic (exact) mass is 311 g/mol. The summed E-state index contributed by atoms with van der Waals surface area (Å²) in [7, 11) is 0. The highest BCUT2D eigenvalue weighted by Crippen LogP contribution is 2.26. The van der Waals surface area contributed by atoms with Gasteiger partial charge in [0.05, 0.1) is 10.5 Å². The quantitative estimate of drug-likeness (QED) is 0.580. The van der Waals surface area contributed by atoms with Crippen molar-refractivity contribution < 1.29 is 19.2 Å². The van der Waals surface area contributed by atoms with E-state index in [0.29, 0.717) is 11.1 Å². The number of non-ortho nitro benzene ring substituents is 1. The third-order valence-electron chi connectivity index (χ3n) is 3.09.